The smallest absolute Gasteiger partial charge is 0.0541 e. The van der Waals surface area contributed by atoms with Crippen LogP contribution in [0.25, 0.3) is 66.4 Å². The highest BCUT2D eigenvalue weighted by molar-refractivity contribution is 6.09. The van der Waals surface area contributed by atoms with Gasteiger partial charge in [-0.25, -0.2) is 0 Å². The van der Waals surface area contributed by atoms with E-state index < -0.39 is 0 Å². The van der Waals surface area contributed by atoms with Gasteiger partial charge in [-0.15, -0.1) is 0 Å². The summed E-state index contributed by atoms with van der Waals surface area (Å²) in [7, 11) is 0. The van der Waals surface area contributed by atoms with E-state index in [9.17, 15) is 0 Å². The van der Waals surface area contributed by atoms with Crippen molar-refractivity contribution in [2.24, 2.45) is 0 Å². The number of fused-ring (bicyclic) bond motifs is 3. The fraction of sp³-hybridized carbons (Fsp3) is 0.0222. The van der Waals surface area contributed by atoms with E-state index in [2.05, 4.69) is 186 Å². The van der Waals surface area contributed by atoms with Crippen LogP contribution in [0.5, 0.6) is 0 Å². The zero-order valence-corrected chi connectivity index (χ0v) is 26.3. The van der Waals surface area contributed by atoms with Crippen LogP contribution in [0, 0.1) is 0 Å². The Morgan fingerprint density at radius 1 is 0.426 bits per heavy atom. The molecule has 0 fully saturated rings. The molecule has 2 heteroatoms. The van der Waals surface area contributed by atoms with Crippen molar-refractivity contribution in [1.29, 1.82) is 0 Å². The number of para-hydroxylation sites is 2. The van der Waals surface area contributed by atoms with Gasteiger partial charge in [0.15, 0.2) is 0 Å². The van der Waals surface area contributed by atoms with Gasteiger partial charge >= 0.3 is 0 Å². The third-order valence-electron chi connectivity index (χ3n) is 9.03. The summed E-state index contributed by atoms with van der Waals surface area (Å²) in [5.74, 6) is 0. The number of nitrogens with zero attached hydrogens (tertiary/aromatic N) is 1. The quantitative estimate of drug-likeness (QED) is 0.192. The van der Waals surface area contributed by atoms with Crippen LogP contribution in [0.15, 0.2) is 176 Å². The van der Waals surface area contributed by atoms with Gasteiger partial charge in [-0.05, 0) is 94.4 Å². The maximum Gasteiger partial charge on any atom is 0.0541 e. The van der Waals surface area contributed by atoms with Crippen molar-refractivity contribution in [2.75, 3.05) is 5.32 Å². The predicted molar refractivity (Wildman–Crippen MR) is 202 cm³/mol. The summed E-state index contributed by atoms with van der Waals surface area (Å²) in [6.07, 6.45) is 0. The Hall–Kier alpha value is -6.12. The lowest BCUT2D eigenvalue weighted by Gasteiger charge is -2.11. The van der Waals surface area contributed by atoms with E-state index in [1.54, 1.807) is 0 Å². The minimum absolute atomic E-state index is 1.06. The Morgan fingerprint density at radius 2 is 0.766 bits per heavy atom. The Balaban J connectivity index is 0.951. The van der Waals surface area contributed by atoms with E-state index in [0.717, 1.165) is 22.6 Å². The monoisotopic (exact) mass is 602 g/mol. The molecule has 224 valence electrons. The van der Waals surface area contributed by atoms with E-state index in [0.29, 0.717) is 0 Å². The standard InChI is InChI=1S/C45H34N2/c1-31(2)32-11-13-33(14-12-32)34-15-17-35(18-16-34)36-19-25-39(26-20-36)46-40-27-21-37(22-28-40)38-23-29-41(30-24-38)47-44-9-5-3-7-42(44)43-8-4-6-10-45(43)47/h3-30,46H,1H2,2H3. The van der Waals surface area contributed by atoms with Crippen LogP contribution in [-0.4, -0.2) is 4.57 Å². The number of hydrogen-bond donors (Lipinski definition) is 1. The number of anilines is 2. The van der Waals surface area contributed by atoms with Crippen molar-refractivity contribution in [3.8, 4) is 39.1 Å². The van der Waals surface area contributed by atoms with Gasteiger partial charge in [0.05, 0.1) is 11.0 Å². The van der Waals surface area contributed by atoms with E-state index >= 15 is 0 Å². The van der Waals surface area contributed by atoms with Crippen molar-refractivity contribution in [3.63, 3.8) is 0 Å². The van der Waals surface area contributed by atoms with Gasteiger partial charge in [0.1, 0.15) is 0 Å². The molecule has 8 aromatic rings. The van der Waals surface area contributed by atoms with Gasteiger partial charge < -0.3 is 9.88 Å². The number of benzene rings is 7. The van der Waals surface area contributed by atoms with E-state index in [1.165, 1.54) is 60.8 Å². The first-order valence-corrected chi connectivity index (χ1v) is 16.0. The first kappa shape index (κ1) is 28.4. The number of nitrogens with one attached hydrogen (secondary N) is 1. The minimum atomic E-state index is 1.06. The lowest BCUT2D eigenvalue weighted by atomic mass is 9.98. The molecule has 0 unspecified atom stereocenters. The van der Waals surface area contributed by atoms with Crippen molar-refractivity contribution in [2.45, 2.75) is 6.92 Å². The first-order chi connectivity index (χ1) is 23.1. The van der Waals surface area contributed by atoms with E-state index in [4.69, 9.17) is 0 Å². The van der Waals surface area contributed by atoms with Crippen LogP contribution in [0.2, 0.25) is 0 Å². The van der Waals surface area contributed by atoms with E-state index in [-0.39, 0.29) is 0 Å². The van der Waals surface area contributed by atoms with E-state index in [1.807, 2.05) is 6.92 Å². The third kappa shape index (κ3) is 5.51. The van der Waals surface area contributed by atoms with Crippen LogP contribution < -0.4 is 5.32 Å². The number of hydrogen-bond acceptors (Lipinski definition) is 1. The normalized spacial score (nSPS) is 11.2. The summed E-state index contributed by atoms with van der Waals surface area (Å²) in [5, 5.41) is 6.11. The second kappa shape index (κ2) is 12.0. The summed E-state index contributed by atoms with van der Waals surface area (Å²) in [4.78, 5) is 0. The molecule has 0 aliphatic rings. The summed E-state index contributed by atoms with van der Waals surface area (Å²) >= 11 is 0. The summed E-state index contributed by atoms with van der Waals surface area (Å²) in [6, 6.07) is 60.8. The third-order valence-corrected chi connectivity index (χ3v) is 9.03. The topological polar surface area (TPSA) is 17.0 Å². The van der Waals surface area contributed by atoms with Gasteiger partial charge in [-0.3, -0.25) is 0 Å². The molecule has 0 saturated carbocycles. The molecule has 0 aliphatic carbocycles. The molecule has 0 atom stereocenters. The molecule has 1 heterocycles. The van der Waals surface area contributed by atoms with Crippen LogP contribution in [0.4, 0.5) is 11.4 Å². The van der Waals surface area contributed by atoms with Crippen LogP contribution in [0.3, 0.4) is 0 Å². The van der Waals surface area contributed by atoms with Crippen molar-refractivity contribution in [3.05, 3.63) is 182 Å². The zero-order valence-electron chi connectivity index (χ0n) is 26.3. The predicted octanol–water partition coefficient (Wildman–Crippen LogP) is 12.6. The maximum atomic E-state index is 4.03. The minimum Gasteiger partial charge on any atom is -0.356 e. The molecule has 7 aromatic carbocycles. The van der Waals surface area contributed by atoms with Crippen molar-refractivity contribution in [1.82, 2.24) is 4.57 Å². The second-order valence-electron chi connectivity index (χ2n) is 12.1. The number of rotatable bonds is 7. The van der Waals surface area contributed by atoms with Crippen LogP contribution >= 0.6 is 0 Å². The van der Waals surface area contributed by atoms with Gasteiger partial charge in [-0.2, -0.15) is 0 Å². The Kier molecular flexibility index (Phi) is 7.24. The molecule has 47 heavy (non-hydrogen) atoms. The Morgan fingerprint density at radius 3 is 1.17 bits per heavy atom. The molecule has 1 N–H and O–H groups in total. The van der Waals surface area contributed by atoms with Crippen molar-refractivity contribution >= 4 is 38.8 Å². The molecule has 0 radical (unpaired) electrons. The van der Waals surface area contributed by atoms with Gasteiger partial charge in [0.25, 0.3) is 0 Å². The Bertz CT molecular complexity index is 2290. The SMILES string of the molecule is C=C(C)c1ccc(-c2ccc(-c3ccc(Nc4ccc(-c5ccc(-n6c7ccccc7c7ccccc76)cc5)cc4)cc3)cc2)cc1. The second-order valence-corrected chi connectivity index (χ2v) is 12.1. The summed E-state index contributed by atoms with van der Waals surface area (Å²) < 4.78 is 2.35. The molecule has 0 bridgehead atoms. The molecule has 0 aliphatic heterocycles. The molecule has 1 aromatic heterocycles. The van der Waals surface area contributed by atoms with Gasteiger partial charge in [-0.1, -0.05) is 133 Å². The van der Waals surface area contributed by atoms with Crippen LogP contribution in [-0.2, 0) is 0 Å². The fourth-order valence-corrected chi connectivity index (χ4v) is 6.46. The lowest BCUT2D eigenvalue weighted by molar-refractivity contribution is 1.18. The highest BCUT2D eigenvalue weighted by atomic mass is 15.0. The molecule has 0 saturated heterocycles. The fourth-order valence-electron chi connectivity index (χ4n) is 6.46. The molecule has 0 amide bonds. The average molecular weight is 603 g/mol. The first-order valence-electron chi connectivity index (χ1n) is 16.0. The number of allylic oxidation sites excluding steroid dienone is 1. The molecule has 2 nitrogen and oxygen atoms in total. The summed E-state index contributed by atoms with van der Waals surface area (Å²) in [5.41, 5.74) is 15.2. The molecular weight excluding hydrogens is 569 g/mol. The lowest BCUT2D eigenvalue weighted by Crippen LogP contribution is -1.93. The highest BCUT2D eigenvalue weighted by Crippen LogP contribution is 2.33. The maximum absolute atomic E-state index is 4.03. The average Bonchev–Trinajstić information content (AvgIpc) is 3.47. The zero-order chi connectivity index (χ0) is 31.7. The van der Waals surface area contributed by atoms with Crippen molar-refractivity contribution < 1.29 is 0 Å². The highest BCUT2D eigenvalue weighted by Gasteiger charge is 2.11. The number of aromatic nitrogens is 1. The van der Waals surface area contributed by atoms with Gasteiger partial charge in [0, 0.05) is 27.8 Å². The van der Waals surface area contributed by atoms with Gasteiger partial charge in [0.2, 0.25) is 0 Å². The molecule has 0 spiro atoms. The molecular formula is C45H34N2. The Labute approximate surface area is 275 Å². The summed E-state index contributed by atoms with van der Waals surface area (Å²) in [6.45, 7) is 6.07. The largest absolute Gasteiger partial charge is 0.356 e. The molecule has 8 rings (SSSR count). The van der Waals surface area contributed by atoms with Crippen LogP contribution in [0.1, 0.15) is 12.5 Å².